The third kappa shape index (κ3) is 1.40. The van der Waals surface area contributed by atoms with Gasteiger partial charge in [0.15, 0.2) is 0 Å². The molecule has 0 unspecified atom stereocenters. The van der Waals surface area contributed by atoms with E-state index in [2.05, 4.69) is 4.98 Å². The predicted octanol–water partition coefficient (Wildman–Crippen LogP) is 1.55. The second kappa shape index (κ2) is 3.26. The Bertz CT molecular complexity index is 306. The second-order valence-corrected chi connectivity index (χ2v) is 2.47. The summed E-state index contributed by atoms with van der Waals surface area (Å²) in [5.41, 5.74) is 0. The van der Waals surface area contributed by atoms with E-state index in [0.29, 0.717) is 0 Å². The SMILES string of the molecule is [B]1C=CC=CN1c1ccccn1. The van der Waals surface area contributed by atoms with Crippen molar-refractivity contribution in [2.24, 2.45) is 0 Å². The van der Waals surface area contributed by atoms with Crippen molar-refractivity contribution in [1.29, 1.82) is 0 Å². The van der Waals surface area contributed by atoms with Crippen molar-refractivity contribution in [3.8, 4) is 0 Å². The first kappa shape index (κ1) is 7.16. The quantitative estimate of drug-likeness (QED) is 0.572. The van der Waals surface area contributed by atoms with Gasteiger partial charge in [-0.25, -0.2) is 4.98 Å². The van der Waals surface area contributed by atoms with Crippen LogP contribution in [0.5, 0.6) is 0 Å². The van der Waals surface area contributed by atoms with Gasteiger partial charge in [0.25, 0.3) is 7.41 Å². The lowest BCUT2D eigenvalue weighted by atomic mass is 9.89. The van der Waals surface area contributed by atoms with Crippen LogP contribution in [-0.2, 0) is 0 Å². The third-order valence-electron chi connectivity index (χ3n) is 1.63. The van der Waals surface area contributed by atoms with Gasteiger partial charge in [-0.05, 0) is 24.4 Å². The molecule has 1 aromatic rings. The van der Waals surface area contributed by atoms with Crippen LogP contribution in [0.3, 0.4) is 0 Å². The molecule has 1 aromatic heterocycles. The Labute approximate surface area is 72.5 Å². The highest BCUT2D eigenvalue weighted by molar-refractivity contribution is 6.48. The lowest BCUT2D eigenvalue weighted by Gasteiger charge is -2.17. The van der Waals surface area contributed by atoms with Gasteiger partial charge in [-0.3, -0.25) is 0 Å². The molecule has 0 N–H and O–H groups in total. The third-order valence-corrected chi connectivity index (χ3v) is 1.63. The molecule has 12 heavy (non-hydrogen) atoms. The number of pyridine rings is 1. The smallest absolute Gasteiger partial charge is 0.284 e. The number of hydrogen-bond acceptors (Lipinski definition) is 2. The van der Waals surface area contributed by atoms with Crippen molar-refractivity contribution in [3.05, 3.63) is 48.7 Å². The first-order valence-electron chi connectivity index (χ1n) is 3.84. The van der Waals surface area contributed by atoms with Gasteiger partial charge < -0.3 is 4.81 Å². The maximum absolute atomic E-state index is 4.21. The minimum atomic E-state index is 0.943. The number of aromatic nitrogens is 1. The Hall–Kier alpha value is -1.51. The van der Waals surface area contributed by atoms with E-state index in [1.54, 1.807) is 6.20 Å². The molecule has 57 valence electrons. The van der Waals surface area contributed by atoms with Gasteiger partial charge >= 0.3 is 0 Å². The normalized spacial score (nSPS) is 14.5. The summed E-state index contributed by atoms with van der Waals surface area (Å²) >= 11 is 0. The van der Waals surface area contributed by atoms with E-state index in [-0.39, 0.29) is 0 Å². The minimum absolute atomic E-state index is 0.943. The lowest BCUT2D eigenvalue weighted by Crippen LogP contribution is -2.21. The van der Waals surface area contributed by atoms with Crippen molar-refractivity contribution >= 4 is 13.2 Å². The average molecular weight is 155 g/mol. The first-order valence-corrected chi connectivity index (χ1v) is 3.84. The van der Waals surface area contributed by atoms with E-state index >= 15 is 0 Å². The molecule has 0 saturated carbocycles. The van der Waals surface area contributed by atoms with Crippen molar-refractivity contribution in [3.63, 3.8) is 0 Å². The summed E-state index contributed by atoms with van der Waals surface area (Å²) < 4.78 is 0. The summed E-state index contributed by atoms with van der Waals surface area (Å²) in [6.45, 7) is 0. The summed E-state index contributed by atoms with van der Waals surface area (Å²) in [6.07, 6.45) is 7.73. The molecule has 0 bridgehead atoms. The number of hydrogen-bond donors (Lipinski definition) is 0. The fourth-order valence-electron chi connectivity index (χ4n) is 1.06. The molecule has 1 aliphatic rings. The molecule has 2 rings (SSSR count). The van der Waals surface area contributed by atoms with Gasteiger partial charge in [0.05, 0.1) is 0 Å². The highest BCUT2D eigenvalue weighted by Crippen LogP contribution is 2.09. The van der Waals surface area contributed by atoms with E-state index in [4.69, 9.17) is 0 Å². The van der Waals surface area contributed by atoms with E-state index in [1.165, 1.54) is 0 Å². The van der Waals surface area contributed by atoms with Gasteiger partial charge in [0.1, 0.15) is 5.82 Å². The molecule has 1 aliphatic heterocycles. The fraction of sp³-hybridized carbons (Fsp3) is 0. The van der Waals surface area contributed by atoms with Gasteiger partial charge in [-0.15, -0.1) is 0 Å². The van der Waals surface area contributed by atoms with Crippen LogP contribution in [-0.4, -0.2) is 12.4 Å². The molecule has 0 aromatic carbocycles. The molecule has 0 fully saturated rings. The lowest BCUT2D eigenvalue weighted by molar-refractivity contribution is 1.23. The maximum Gasteiger partial charge on any atom is 0.284 e. The molecular weight excluding hydrogens is 147 g/mol. The minimum Gasteiger partial charge on any atom is -0.377 e. The van der Waals surface area contributed by atoms with Crippen LogP contribution in [0, 0.1) is 0 Å². The van der Waals surface area contributed by atoms with Gasteiger partial charge in [-0.2, -0.15) is 0 Å². The summed E-state index contributed by atoms with van der Waals surface area (Å²) in [5, 5.41) is 0. The van der Waals surface area contributed by atoms with Gasteiger partial charge in [-0.1, -0.05) is 18.1 Å². The molecule has 1 radical (unpaired) electrons. The molecule has 0 aliphatic carbocycles. The van der Waals surface area contributed by atoms with Gasteiger partial charge in [0.2, 0.25) is 0 Å². The van der Waals surface area contributed by atoms with Crippen molar-refractivity contribution < 1.29 is 0 Å². The molecular formula is C9H8BN2. The van der Waals surface area contributed by atoms with Crippen molar-refractivity contribution in [2.45, 2.75) is 0 Å². The van der Waals surface area contributed by atoms with Crippen LogP contribution in [0.1, 0.15) is 0 Å². The van der Waals surface area contributed by atoms with E-state index in [1.807, 2.05) is 54.8 Å². The zero-order chi connectivity index (χ0) is 8.23. The molecule has 2 nitrogen and oxygen atoms in total. The average Bonchev–Trinajstić information content (AvgIpc) is 2.21. The largest absolute Gasteiger partial charge is 0.377 e. The highest BCUT2D eigenvalue weighted by atomic mass is 15.1. The highest BCUT2D eigenvalue weighted by Gasteiger charge is 2.03. The molecule has 0 amide bonds. The standard InChI is InChI=1S/C9H8BN2/c1-3-7-11-9(5-1)12-8-4-2-6-10-12/h1-8H. The van der Waals surface area contributed by atoms with Gasteiger partial charge in [0, 0.05) is 6.20 Å². The zero-order valence-corrected chi connectivity index (χ0v) is 6.59. The summed E-state index contributed by atoms with van der Waals surface area (Å²) in [6, 6.07) is 5.86. The Kier molecular flexibility index (Phi) is 1.95. The Morgan fingerprint density at radius 1 is 1.25 bits per heavy atom. The number of rotatable bonds is 1. The molecule has 0 atom stereocenters. The second-order valence-electron chi connectivity index (χ2n) is 2.47. The Balaban J connectivity index is 2.21. The molecule has 3 heteroatoms. The maximum atomic E-state index is 4.21. The molecule has 2 heterocycles. The topological polar surface area (TPSA) is 16.1 Å². The molecule has 0 spiro atoms. The fourth-order valence-corrected chi connectivity index (χ4v) is 1.06. The summed E-state index contributed by atoms with van der Waals surface area (Å²) in [7, 11) is 1.97. The predicted molar refractivity (Wildman–Crippen MR) is 50.8 cm³/mol. The number of anilines is 1. The van der Waals surface area contributed by atoms with Crippen LogP contribution in [0.4, 0.5) is 5.82 Å². The Morgan fingerprint density at radius 3 is 2.92 bits per heavy atom. The summed E-state index contributed by atoms with van der Waals surface area (Å²) in [4.78, 5) is 6.18. The number of allylic oxidation sites excluding steroid dienone is 2. The number of nitrogens with zero attached hydrogens (tertiary/aromatic N) is 2. The monoisotopic (exact) mass is 155 g/mol. The van der Waals surface area contributed by atoms with Crippen LogP contribution in [0.25, 0.3) is 0 Å². The zero-order valence-electron chi connectivity index (χ0n) is 6.59. The van der Waals surface area contributed by atoms with Crippen LogP contribution in [0.15, 0.2) is 48.7 Å². The Morgan fingerprint density at radius 2 is 2.25 bits per heavy atom. The van der Waals surface area contributed by atoms with Crippen molar-refractivity contribution in [2.75, 3.05) is 4.81 Å². The van der Waals surface area contributed by atoms with Crippen LogP contribution >= 0.6 is 0 Å². The van der Waals surface area contributed by atoms with Crippen LogP contribution < -0.4 is 4.81 Å². The van der Waals surface area contributed by atoms with Crippen molar-refractivity contribution in [1.82, 2.24) is 4.98 Å². The first-order chi connectivity index (χ1) is 5.97. The van der Waals surface area contributed by atoms with E-state index < -0.39 is 0 Å². The van der Waals surface area contributed by atoms with Crippen LogP contribution in [0.2, 0.25) is 0 Å². The van der Waals surface area contributed by atoms with E-state index in [0.717, 1.165) is 5.82 Å². The van der Waals surface area contributed by atoms with E-state index in [9.17, 15) is 0 Å². The molecule has 0 saturated heterocycles. The summed E-state index contributed by atoms with van der Waals surface area (Å²) in [5.74, 6) is 2.92.